The van der Waals surface area contributed by atoms with Crippen molar-refractivity contribution in [3.05, 3.63) is 23.3 Å². The average molecular weight is 237 g/mol. The van der Waals surface area contributed by atoms with Crippen molar-refractivity contribution in [1.82, 2.24) is 5.32 Å². The Bertz CT molecular complexity index is 372. The van der Waals surface area contributed by atoms with Crippen molar-refractivity contribution in [2.75, 3.05) is 12.8 Å². The molecule has 2 rings (SSSR count). The molecule has 1 aromatic carbocycles. The highest BCUT2D eigenvalue weighted by Crippen LogP contribution is 2.38. The molecule has 1 atom stereocenters. The topological polar surface area (TPSA) is 32.3 Å². The molecule has 3 heteroatoms. The Kier molecular flexibility index (Phi) is 3.77. The van der Waals surface area contributed by atoms with Gasteiger partial charge in [0.1, 0.15) is 5.75 Å². The van der Waals surface area contributed by atoms with Crippen LogP contribution in [0.4, 0.5) is 0 Å². The molecular weight excluding hydrogens is 218 g/mol. The summed E-state index contributed by atoms with van der Waals surface area (Å²) in [7, 11) is 0. The van der Waals surface area contributed by atoms with Crippen LogP contribution in [0.3, 0.4) is 0 Å². The van der Waals surface area contributed by atoms with E-state index in [0.29, 0.717) is 11.8 Å². The smallest absolute Gasteiger partial charge is 0.124 e. The van der Waals surface area contributed by atoms with Gasteiger partial charge in [-0.1, -0.05) is 12.5 Å². The summed E-state index contributed by atoms with van der Waals surface area (Å²) in [5.74, 6) is 0.478. The largest absolute Gasteiger partial charge is 0.507 e. The lowest BCUT2D eigenvalue weighted by Gasteiger charge is -2.26. The molecule has 0 aromatic heterocycles. The van der Waals surface area contributed by atoms with Crippen molar-refractivity contribution in [3.8, 4) is 5.75 Å². The van der Waals surface area contributed by atoms with Crippen LogP contribution in [-0.4, -0.2) is 17.9 Å². The van der Waals surface area contributed by atoms with E-state index in [1.807, 2.05) is 13.0 Å². The molecule has 1 aliphatic rings. The highest BCUT2D eigenvalue weighted by Gasteiger charge is 2.21. The molecule has 2 nitrogen and oxygen atoms in total. The molecule has 0 bridgehead atoms. The van der Waals surface area contributed by atoms with Crippen LogP contribution in [0.15, 0.2) is 17.0 Å². The fourth-order valence-electron chi connectivity index (χ4n) is 2.31. The summed E-state index contributed by atoms with van der Waals surface area (Å²) < 4.78 is 0. The molecule has 88 valence electrons. The van der Waals surface area contributed by atoms with Crippen LogP contribution in [-0.2, 0) is 0 Å². The Morgan fingerprint density at radius 1 is 1.38 bits per heavy atom. The van der Waals surface area contributed by atoms with E-state index in [1.54, 1.807) is 11.8 Å². The van der Waals surface area contributed by atoms with E-state index in [-0.39, 0.29) is 0 Å². The number of hydrogen-bond donors (Lipinski definition) is 2. The van der Waals surface area contributed by atoms with Crippen LogP contribution in [0, 0.1) is 6.92 Å². The minimum absolute atomic E-state index is 0.330. The van der Waals surface area contributed by atoms with Crippen molar-refractivity contribution in [2.45, 2.75) is 37.1 Å². The van der Waals surface area contributed by atoms with Crippen LogP contribution in [0.2, 0.25) is 0 Å². The highest BCUT2D eigenvalue weighted by atomic mass is 32.2. The lowest BCUT2D eigenvalue weighted by atomic mass is 9.95. The summed E-state index contributed by atoms with van der Waals surface area (Å²) in [6, 6.07) is 4.44. The van der Waals surface area contributed by atoms with Gasteiger partial charge < -0.3 is 10.4 Å². The van der Waals surface area contributed by atoms with Crippen molar-refractivity contribution in [3.63, 3.8) is 0 Å². The van der Waals surface area contributed by atoms with Gasteiger partial charge in [0.15, 0.2) is 0 Å². The van der Waals surface area contributed by atoms with Gasteiger partial charge in [0.05, 0.1) is 0 Å². The molecule has 1 aliphatic heterocycles. The minimum atomic E-state index is 0.330. The summed E-state index contributed by atoms with van der Waals surface area (Å²) in [5.41, 5.74) is 2.08. The second-order valence-corrected chi connectivity index (χ2v) is 5.20. The summed E-state index contributed by atoms with van der Waals surface area (Å²) in [5, 5.41) is 13.7. The number of hydrogen-bond acceptors (Lipinski definition) is 3. The maximum atomic E-state index is 10.2. The number of rotatable bonds is 2. The van der Waals surface area contributed by atoms with Gasteiger partial charge in [-0.2, -0.15) is 0 Å². The van der Waals surface area contributed by atoms with Crippen LogP contribution in [0.5, 0.6) is 5.75 Å². The SMILES string of the molecule is CSc1ccc(C)c(O)c1C1CCCCN1. The molecule has 0 spiro atoms. The predicted octanol–water partition coefficient (Wildman–Crippen LogP) is 3.24. The zero-order valence-corrected chi connectivity index (χ0v) is 10.7. The van der Waals surface area contributed by atoms with E-state index in [2.05, 4.69) is 17.6 Å². The molecule has 0 radical (unpaired) electrons. The molecule has 1 fully saturated rings. The first kappa shape index (κ1) is 11.8. The fraction of sp³-hybridized carbons (Fsp3) is 0.538. The number of piperidine rings is 1. The minimum Gasteiger partial charge on any atom is -0.507 e. The Morgan fingerprint density at radius 3 is 2.81 bits per heavy atom. The molecule has 1 heterocycles. The van der Waals surface area contributed by atoms with Crippen LogP contribution in [0.25, 0.3) is 0 Å². The molecule has 0 saturated carbocycles. The van der Waals surface area contributed by atoms with Crippen LogP contribution < -0.4 is 5.32 Å². The standard InChI is InChI=1S/C13H19NOS/c1-9-6-7-11(16-2)12(13(9)15)10-5-3-4-8-14-10/h6-7,10,14-15H,3-5,8H2,1-2H3. The van der Waals surface area contributed by atoms with Crippen LogP contribution >= 0.6 is 11.8 Å². The summed E-state index contributed by atoms with van der Waals surface area (Å²) in [6.45, 7) is 3.03. The Labute approximate surface area is 101 Å². The van der Waals surface area contributed by atoms with Gasteiger partial charge in [0, 0.05) is 16.5 Å². The molecular formula is C13H19NOS. The number of phenolic OH excluding ortho intramolecular Hbond substituents is 1. The van der Waals surface area contributed by atoms with Gasteiger partial charge in [-0.15, -0.1) is 11.8 Å². The number of benzene rings is 1. The quantitative estimate of drug-likeness (QED) is 0.775. The third kappa shape index (κ3) is 2.20. The van der Waals surface area contributed by atoms with Crippen LogP contribution in [0.1, 0.15) is 36.4 Å². The first-order valence-electron chi connectivity index (χ1n) is 5.84. The van der Waals surface area contributed by atoms with E-state index < -0.39 is 0 Å². The molecule has 2 N–H and O–H groups in total. The Balaban J connectivity index is 2.39. The first-order chi connectivity index (χ1) is 7.74. The average Bonchev–Trinajstić information content (AvgIpc) is 2.33. The van der Waals surface area contributed by atoms with E-state index >= 15 is 0 Å². The Morgan fingerprint density at radius 2 is 2.19 bits per heavy atom. The second-order valence-electron chi connectivity index (χ2n) is 4.35. The zero-order valence-electron chi connectivity index (χ0n) is 9.92. The van der Waals surface area contributed by atoms with Gasteiger partial charge in [0.2, 0.25) is 0 Å². The summed E-state index contributed by atoms with van der Waals surface area (Å²) in [6.07, 6.45) is 5.69. The van der Waals surface area contributed by atoms with Crippen molar-refractivity contribution < 1.29 is 5.11 Å². The van der Waals surface area contributed by atoms with E-state index in [0.717, 1.165) is 24.1 Å². The van der Waals surface area contributed by atoms with E-state index in [9.17, 15) is 5.11 Å². The predicted molar refractivity (Wildman–Crippen MR) is 69.2 cm³/mol. The third-order valence-electron chi connectivity index (χ3n) is 3.26. The van der Waals surface area contributed by atoms with Gasteiger partial charge in [-0.25, -0.2) is 0 Å². The molecule has 16 heavy (non-hydrogen) atoms. The van der Waals surface area contributed by atoms with E-state index in [1.165, 1.54) is 17.7 Å². The molecule has 0 aliphatic carbocycles. The maximum Gasteiger partial charge on any atom is 0.124 e. The maximum absolute atomic E-state index is 10.2. The third-order valence-corrected chi connectivity index (χ3v) is 4.05. The Hall–Kier alpha value is -0.670. The van der Waals surface area contributed by atoms with E-state index in [4.69, 9.17) is 0 Å². The second kappa shape index (κ2) is 5.11. The zero-order chi connectivity index (χ0) is 11.5. The van der Waals surface area contributed by atoms with Crippen molar-refractivity contribution in [2.24, 2.45) is 0 Å². The van der Waals surface area contributed by atoms with Gasteiger partial charge in [-0.05, 0) is 44.2 Å². The number of thioether (sulfide) groups is 1. The molecule has 0 amide bonds. The molecule has 1 unspecified atom stereocenters. The van der Waals surface area contributed by atoms with Crippen molar-refractivity contribution >= 4 is 11.8 Å². The molecule has 1 saturated heterocycles. The fourth-order valence-corrected chi connectivity index (χ4v) is 2.97. The lowest BCUT2D eigenvalue weighted by Crippen LogP contribution is -2.27. The highest BCUT2D eigenvalue weighted by molar-refractivity contribution is 7.98. The number of aryl methyl sites for hydroxylation is 1. The molecule has 1 aromatic rings. The summed E-state index contributed by atoms with van der Waals surface area (Å²) >= 11 is 1.71. The normalized spacial score (nSPS) is 21.0. The number of phenols is 1. The number of aromatic hydroxyl groups is 1. The van der Waals surface area contributed by atoms with Crippen molar-refractivity contribution in [1.29, 1.82) is 0 Å². The van der Waals surface area contributed by atoms with Gasteiger partial charge >= 0.3 is 0 Å². The lowest BCUT2D eigenvalue weighted by molar-refractivity contribution is 0.385. The van der Waals surface area contributed by atoms with Gasteiger partial charge in [0.25, 0.3) is 0 Å². The monoisotopic (exact) mass is 237 g/mol. The first-order valence-corrected chi connectivity index (χ1v) is 7.06. The summed E-state index contributed by atoms with van der Waals surface area (Å²) in [4.78, 5) is 1.20. The van der Waals surface area contributed by atoms with Gasteiger partial charge in [-0.3, -0.25) is 0 Å². The number of nitrogens with one attached hydrogen (secondary N) is 1.